The van der Waals surface area contributed by atoms with Crippen LogP contribution in [0.5, 0.6) is 11.5 Å². The van der Waals surface area contributed by atoms with Gasteiger partial charge in [0.2, 0.25) is 0 Å². The number of carbonyl (C=O) groups is 1. The van der Waals surface area contributed by atoms with E-state index in [4.69, 9.17) is 9.47 Å². The van der Waals surface area contributed by atoms with Gasteiger partial charge in [0.15, 0.2) is 5.78 Å². The van der Waals surface area contributed by atoms with Crippen LogP contribution in [0.2, 0.25) is 0 Å². The maximum absolute atomic E-state index is 12.5. The molecule has 0 aliphatic heterocycles. The predicted molar refractivity (Wildman–Crippen MR) is 103 cm³/mol. The Labute approximate surface area is 154 Å². The highest BCUT2D eigenvalue weighted by molar-refractivity contribution is 6.04. The molecule has 2 bridgehead atoms. The van der Waals surface area contributed by atoms with E-state index in [1.807, 2.05) is 42.5 Å². The number of fused-ring (bicyclic) bond motifs is 2. The van der Waals surface area contributed by atoms with E-state index in [0.717, 1.165) is 35.5 Å². The summed E-state index contributed by atoms with van der Waals surface area (Å²) in [6.45, 7) is 0. The zero-order valence-electron chi connectivity index (χ0n) is 15.1. The summed E-state index contributed by atoms with van der Waals surface area (Å²) in [5, 5.41) is 0. The number of benzene rings is 2. The Morgan fingerprint density at radius 3 is 1.88 bits per heavy atom. The molecule has 0 saturated carbocycles. The molecule has 0 N–H and O–H groups in total. The summed E-state index contributed by atoms with van der Waals surface area (Å²) in [5.41, 5.74) is 4.70. The Morgan fingerprint density at radius 1 is 0.808 bits per heavy atom. The Hall–Kier alpha value is -2.81. The van der Waals surface area contributed by atoms with Gasteiger partial charge in [-0.2, -0.15) is 0 Å². The minimum absolute atomic E-state index is 0.115. The molecule has 0 heterocycles. The van der Waals surface area contributed by atoms with Crippen molar-refractivity contribution < 1.29 is 14.3 Å². The lowest BCUT2D eigenvalue weighted by atomic mass is 9.68. The van der Waals surface area contributed by atoms with Crippen LogP contribution in [0.4, 0.5) is 0 Å². The van der Waals surface area contributed by atoms with Gasteiger partial charge in [-0.25, -0.2) is 0 Å². The molecule has 26 heavy (non-hydrogen) atoms. The smallest absolute Gasteiger partial charge is 0.159 e. The van der Waals surface area contributed by atoms with E-state index in [1.54, 1.807) is 14.2 Å². The van der Waals surface area contributed by atoms with E-state index in [0.29, 0.717) is 0 Å². The van der Waals surface area contributed by atoms with Crippen LogP contribution in [0.15, 0.2) is 60.7 Å². The number of hydrogen-bond donors (Lipinski definition) is 0. The largest absolute Gasteiger partial charge is 0.497 e. The van der Waals surface area contributed by atoms with Crippen LogP contribution in [0, 0.1) is 11.8 Å². The van der Waals surface area contributed by atoms with Crippen molar-refractivity contribution in [2.75, 3.05) is 14.2 Å². The molecule has 2 aliphatic rings. The van der Waals surface area contributed by atoms with Crippen LogP contribution in [0.1, 0.15) is 24.0 Å². The van der Waals surface area contributed by atoms with Crippen LogP contribution >= 0.6 is 0 Å². The molecule has 0 amide bonds. The molecule has 4 rings (SSSR count). The van der Waals surface area contributed by atoms with Crippen molar-refractivity contribution >= 4 is 16.9 Å². The fraction of sp³-hybridized carbons (Fsp3) is 0.261. The first-order chi connectivity index (χ1) is 12.7. The van der Waals surface area contributed by atoms with Gasteiger partial charge < -0.3 is 9.47 Å². The third-order valence-electron chi connectivity index (χ3n) is 5.44. The zero-order valence-corrected chi connectivity index (χ0v) is 15.1. The number of methoxy groups -OCH3 is 2. The van der Waals surface area contributed by atoms with Crippen LogP contribution in [0.3, 0.4) is 0 Å². The highest BCUT2D eigenvalue weighted by Gasteiger charge is 2.35. The van der Waals surface area contributed by atoms with Crippen LogP contribution in [0.25, 0.3) is 11.1 Å². The van der Waals surface area contributed by atoms with Crippen molar-refractivity contribution in [2.45, 2.75) is 12.8 Å². The average molecular weight is 346 g/mol. The zero-order chi connectivity index (χ0) is 18.1. The first-order valence-electron chi connectivity index (χ1n) is 8.94. The molecule has 132 valence electrons. The first-order valence-corrected chi connectivity index (χ1v) is 8.94. The molecule has 3 nitrogen and oxygen atoms in total. The summed E-state index contributed by atoms with van der Waals surface area (Å²) in [6.07, 6.45) is 5.81. The molecule has 2 unspecified atom stereocenters. The van der Waals surface area contributed by atoms with Crippen LogP contribution < -0.4 is 9.47 Å². The molecular weight excluding hydrogens is 324 g/mol. The van der Waals surface area contributed by atoms with E-state index in [1.165, 1.54) is 11.1 Å². The third-order valence-corrected chi connectivity index (χ3v) is 5.44. The van der Waals surface area contributed by atoms with Gasteiger partial charge in [0.05, 0.1) is 14.2 Å². The van der Waals surface area contributed by atoms with Gasteiger partial charge in [-0.1, -0.05) is 30.3 Å². The van der Waals surface area contributed by atoms with Gasteiger partial charge in [0.25, 0.3) is 0 Å². The molecule has 0 saturated heterocycles. The van der Waals surface area contributed by atoms with Crippen LogP contribution in [-0.4, -0.2) is 20.0 Å². The second-order valence-corrected chi connectivity index (χ2v) is 6.84. The van der Waals surface area contributed by atoms with E-state index in [2.05, 4.69) is 18.2 Å². The maximum Gasteiger partial charge on any atom is 0.159 e. The second kappa shape index (κ2) is 6.83. The van der Waals surface area contributed by atoms with Gasteiger partial charge in [0, 0.05) is 11.8 Å². The summed E-state index contributed by atoms with van der Waals surface area (Å²) in [6, 6.07) is 16.2. The predicted octanol–water partition coefficient (Wildman–Crippen LogP) is 4.78. The van der Waals surface area contributed by atoms with Crippen molar-refractivity contribution in [3.63, 3.8) is 0 Å². The summed E-state index contributed by atoms with van der Waals surface area (Å²) in [5.74, 6) is 2.28. The van der Waals surface area contributed by atoms with E-state index >= 15 is 0 Å². The molecule has 0 aromatic heterocycles. The third kappa shape index (κ3) is 2.94. The summed E-state index contributed by atoms with van der Waals surface area (Å²) >= 11 is 0. The number of rotatable bonds is 4. The molecule has 0 spiro atoms. The lowest BCUT2D eigenvalue weighted by molar-refractivity contribution is -0.118. The van der Waals surface area contributed by atoms with Gasteiger partial charge in [-0.3, -0.25) is 4.79 Å². The number of carbonyl (C=O) groups excluding carboxylic acids is 1. The van der Waals surface area contributed by atoms with Crippen molar-refractivity contribution in [2.24, 2.45) is 11.8 Å². The fourth-order valence-electron chi connectivity index (χ4n) is 3.99. The second-order valence-electron chi connectivity index (χ2n) is 6.84. The Balaban J connectivity index is 1.72. The number of ketones is 1. The monoisotopic (exact) mass is 346 g/mol. The number of allylic oxidation sites excluding steroid dienone is 4. The molecule has 2 aromatic carbocycles. The molecule has 0 radical (unpaired) electrons. The Morgan fingerprint density at radius 2 is 1.35 bits per heavy atom. The minimum atomic E-state index is 0.115. The lowest BCUT2D eigenvalue weighted by Crippen LogP contribution is -2.27. The standard InChI is InChI=1S/C23H22O3/c1-25-18-8-3-15(4-9-18)20-12-7-17-13-22(20)21(14-23(17)24)16-5-10-19(26-2)11-6-16/h3-6,8-12,14,17,22H,7,13H2,1-2H3. The number of ether oxygens (including phenoxy) is 2. The fourth-order valence-corrected chi connectivity index (χ4v) is 3.99. The van der Waals surface area contributed by atoms with E-state index in [9.17, 15) is 4.79 Å². The number of hydrogen-bond acceptors (Lipinski definition) is 3. The van der Waals surface area contributed by atoms with Gasteiger partial charge in [-0.05, 0) is 65.5 Å². The molecule has 2 aliphatic carbocycles. The van der Waals surface area contributed by atoms with Gasteiger partial charge >= 0.3 is 0 Å². The molecular formula is C23H22O3. The normalized spacial score (nSPS) is 21.7. The highest BCUT2D eigenvalue weighted by atomic mass is 16.5. The minimum Gasteiger partial charge on any atom is -0.497 e. The lowest BCUT2D eigenvalue weighted by Gasteiger charge is -2.35. The Kier molecular flexibility index (Phi) is 4.37. The first kappa shape index (κ1) is 16.6. The summed E-state index contributed by atoms with van der Waals surface area (Å²) in [7, 11) is 3.34. The summed E-state index contributed by atoms with van der Waals surface area (Å²) in [4.78, 5) is 12.5. The van der Waals surface area contributed by atoms with Crippen molar-refractivity contribution in [3.05, 3.63) is 71.8 Å². The Bertz CT molecular complexity index is 873. The quantitative estimate of drug-likeness (QED) is 0.799. The SMILES string of the molecule is COc1ccc(C2=CCC3CC2C(c2ccc(OC)cc2)=CC3=O)cc1. The van der Waals surface area contributed by atoms with E-state index in [-0.39, 0.29) is 17.6 Å². The van der Waals surface area contributed by atoms with Crippen molar-refractivity contribution in [3.8, 4) is 11.5 Å². The van der Waals surface area contributed by atoms with Crippen molar-refractivity contribution in [1.29, 1.82) is 0 Å². The van der Waals surface area contributed by atoms with Crippen molar-refractivity contribution in [1.82, 2.24) is 0 Å². The van der Waals surface area contributed by atoms with Crippen LogP contribution in [-0.2, 0) is 4.79 Å². The highest BCUT2D eigenvalue weighted by Crippen LogP contribution is 2.46. The molecule has 0 fully saturated rings. The molecule has 2 aromatic rings. The van der Waals surface area contributed by atoms with Gasteiger partial charge in [-0.15, -0.1) is 0 Å². The average Bonchev–Trinajstić information content (AvgIpc) is 2.71. The molecule has 3 heteroatoms. The maximum atomic E-state index is 12.5. The van der Waals surface area contributed by atoms with E-state index < -0.39 is 0 Å². The summed E-state index contributed by atoms with van der Waals surface area (Å²) < 4.78 is 10.5. The molecule has 2 atom stereocenters. The topological polar surface area (TPSA) is 35.5 Å². The van der Waals surface area contributed by atoms with Gasteiger partial charge in [0.1, 0.15) is 11.5 Å².